The van der Waals surface area contributed by atoms with E-state index in [1.54, 1.807) is 48.5 Å². The molecule has 1 amide bonds. The van der Waals surface area contributed by atoms with Gasteiger partial charge >= 0.3 is 29.6 Å². The first-order valence-corrected chi connectivity index (χ1v) is 12.2. The number of benzene rings is 4. The molecule has 0 spiro atoms. The fourth-order valence-corrected chi connectivity index (χ4v) is 4.67. The van der Waals surface area contributed by atoms with E-state index in [0.717, 1.165) is 10.8 Å². The summed E-state index contributed by atoms with van der Waals surface area (Å²) in [4.78, 5) is 27.9. The monoisotopic (exact) mass is 534 g/mol. The Morgan fingerprint density at radius 1 is 1.00 bits per heavy atom. The summed E-state index contributed by atoms with van der Waals surface area (Å²) in [7, 11) is 0. The normalized spacial score (nSPS) is 13.8. The van der Waals surface area contributed by atoms with E-state index in [2.05, 4.69) is 10.3 Å². The number of ether oxygens (including phenoxy) is 1. The zero-order valence-corrected chi connectivity index (χ0v) is 23.3. The Bertz CT molecular complexity index is 1570. The molecule has 184 valence electrons. The average molecular weight is 535 g/mol. The summed E-state index contributed by atoms with van der Waals surface area (Å²) in [6.45, 7) is 0.0412. The first kappa shape index (κ1) is 27.6. The molecule has 1 aliphatic rings. The number of fused-ring (bicyclic) bond motifs is 1. The van der Waals surface area contributed by atoms with E-state index in [4.69, 9.17) is 4.74 Å². The minimum atomic E-state index is -1.15. The molecule has 1 heterocycles. The maximum absolute atomic E-state index is 14.1. The SMILES string of the molecule is O=C([O-])Cc1ccc(NC2=NC(=O)C(=Cc3cc4ccccc4cc3OCc3ccccc3F)S2)cc1.[Na+]. The van der Waals surface area contributed by atoms with Crippen molar-refractivity contribution in [3.63, 3.8) is 0 Å². The molecule has 0 aliphatic carbocycles. The van der Waals surface area contributed by atoms with Gasteiger partial charge in [-0.15, -0.1) is 0 Å². The van der Waals surface area contributed by atoms with E-state index in [1.165, 1.54) is 17.8 Å². The van der Waals surface area contributed by atoms with Gasteiger partial charge in [-0.3, -0.25) is 4.79 Å². The van der Waals surface area contributed by atoms with E-state index < -0.39 is 11.9 Å². The van der Waals surface area contributed by atoms with Crippen LogP contribution in [0.1, 0.15) is 16.7 Å². The summed E-state index contributed by atoms with van der Waals surface area (Å²) in [5, 5.41) is 16.2. The molecule has 1 N–H and O–H groups in total. The van der Waals surface area contributed by atoms with E-state index in [9.17, 15) is 19.1 Å². The minimum absolute atomic E-state index is 0. The maximum Gasteiger partial charge on any atom is 1.00 e. The third kappa shape index (κ3) is 6.71. The van der Waals surface area contributed by atoms with Crippen molar-refractivity contribution < 1.29 is 53.4 Å². The van der Waals surface area contributed by atoms with Crippen molar-refractivity contribution in [2.45, 2.75) is 13.0 Å². The van der Waals surface area contributed by atoms with Gasteiger partial charge in [0.15, 0.2) is 5.17 Å². The molecular formula is C29H20FN2NaO4S. The van der Waals surface area contributed by atoms with Gasteiger partial charge in [-0.1, -0.05) is 54.6 Å². The van der Waals surface area contributed by atoms with Gasteiger partial charge in [-0.25, -0.2) is 4.39 Å². The summed E-state index contributed by atoms with van der Waals surface area (Å²) in [5.74, 6) is -1.37. The second-order valence-electron chi connectivity index (χ2n) is 8.32. The Kier molecular flexibility index (Phi) is 9.01. The number of aliphatic imine (C=N–C) groups is 1. The van der Waals surface area contributed by atoms with Crippen LogP contribution in [0.2, 0.25) is 0 Å². The summed E-state index contributed by atoms with van der Waals surface area (Å²) in [6, 6.07) is 24.8. The number of hydrogen-bond acceptors (Lipinski definition) is 6. The van der Waals surface area contributed by atoms with Crippen molar-refractivity contribution in [3.05, 3.63) is 112 Å². The predicted molar refractivity (Wildman–Crippen MR) is 141 cm³/mol. The number of hydrogen-bond donors (Lipinski definition) is 1. The third-order valence-corrected chi connectivity index (χ3v) is 6.58. The van der Waals surface area contributed by atoms with Gasteiger partial charge < -0.3 is 20.0 Å². The van der Waals surface area contributed by atoms with Crippen LogP contribution in [-0.2, 0) is 22.6 Å². The number of carbonyl (C=O) groups excluding carboxylic acids is 2. The van der Waals surface area contributed by atoms with Crippen LogP contribution in [-0.4, -0.2) is 17.0 Å². The van der Waals surface area contributed by atoms with Crippen molar-refractivity contribution in [3.8, 4) is 5.75 Å². The van der Waals surface area contributed by atoms with Crippen molar-refractivity contribution in [2.24, 2.45) is 4.99 Å². The van der Waals surface area contributed by atoms with Crippen LogP contribution >= 0.6 is 11.8 Å². The molecular weight excluding hydrogens is 514 g/mol. The molecule has 1 aliphatic heterocycles. The number of aliphatic carboxylic acids is 1. The number of halogens is 1. The van der Waals surface area contributed by atoms with E-state index in [1.807, 2.05) is 36.4 Å². The van der Waals surface area contributed by atoms with Crippen LogP contribution in [0.25, 0.3) is 16.8 Å². The number of carbonyl (C=O) groups is 2. The second kappa shape index (κ2) is 12.4. The molecule has 0 aromatic heterocycles. The number of carboxylic acids is 1. The van der Waals surface area contributed by atoms with Crippen LogP contribution < -0.4 is 44.7 Å². The number of carboxylic acid groups (broad SMARTS) is 1. The molecule has 6 nitrogen and oxygen atoms in total. The molecule has 0 atom stereocenters. The number of nitrogens with zero attached hydrogens (tertiary/aromatic N) is 1. The van der Waals surface area contributed by atoms with Gasteiger partial charge in [0.2, 0.25) is 0 Å². The number of thioether (sulfide) groups is 1. The van der Waals surface area contributed by atoms with Crippen molar-refractivity contribution in [1.82, 2.24) is 0 Å². The summed E-state index contributed by atoms with van der Waals surface area (Å²) in [5.41, 5.74) is 2.39. The Morgan fingerprint density at radius 3 is 2.39 bits per heavy atom. The largest absolute Gasteiger partial charge is 1.00 e. The Morgan fingerprint density at radius 2 is 1.68 bits per heavy atom. The summed E-state index contributed by atoms with van der Waals surface area (Å²) < 4.78 is 20.1. The van der Waals surface area contributed by atoms with Crippen molar-refractivity contribution in [2.75, 3.05) is 5.32 Å². The zero-order valence-electron chi connectivity index (χ0n) is 20.4. The zero-order chi connectivity index (χ0) is 25.8. The van der Waals surface area contributed by atoms with E-state index in [-0.39, 0.29) is 48.4 Å². The minimum Gasteiger partial charge on any atom is -0.550 e. The Balaban J connectivity index is 0.00000336. The quantitative estimate of drug-likeness (QED) is 0.288. The predicted octanol–water partition coefficient (Wildman–Crippen LogP) is 1.94. The van der Waals surface area contributed by atoms with Gasteiger partial charge in [0.25, 0.3) is 5.91 Å². The average Bonchev–Trinajstić information content (AvgIpc) is 3.22. The molecule has 0 fully saturated rings. The standard InChI is InChI=1S/C29H21FN2O4S.Na/c30-24-8-4-3-7-21(24)17-36-25-15-20-6-2-1-5-19(20)14-22(25)16-26-28(35)32-29(37-26)31-23-11-9-18(10-12-23)13-27(33)34;/h1-12,14-16H,13,17H2,(H,33,34)(H,31,32,35);/q;+1/p-1. The number of amidine groups is 1. The molecule has 0 saturated carbocycles. The summed E-state index contributed by atoms with van der Waals surface area (Å²) in [6.07, 6.45) is 1.55. The van der Waals surface area contributed by atoms with Crippen LogP contribution in [0.4, 0.5) is 10.1 Å². The smallest absolute Gasteiger partial charge is 0.550 e. The molecule has 0 saturated heterocycles. The molecule has 0 radical (unpaired) electrons. The molecule has 9 heteroatoms. The fraction of sp³-hybridized carbons (Fsp3) is 0.0690. The van der Waals surface area contributed by atoms with Gasteiger partial charge in [-0.2, -0.15) is 4.99 Å². The van der Waals surface area contributed by atoms with Gasteiger partial charge in [0, 0.05) is 29.2 Å². The number of anilines is 1. The molecule has 4 aromatic rings. The van der Waals surface area contributed by atoms with Gasteiger partial charge in [0.05, 0.1) is 4.91 Å². The third-order valence-electron chi connectivity index (χ3n) is 5.68. The van der Waals surface area contributed by atoms with E-state index in [0.29, 0.717) is 38.2 Å². The first-order valence-electron chi connectivity index (χ1n) is 11.4. The van der Waals surface area contributed by atoms with Crippen LogP contribution in [0.5, 0.6) is 5.75 Å². The fourth-order valence-electron chi connectivity index (χ4n) is 3.85. The number of rotatable bonds is 7. The van der Waals surface area contributed by atoms with Crippen molar-refractivity contribution >= 4 is 51.3 Å². The van der Waals surface area contributed by atoms with Gasteiger partial charge in [-0.05, 0) is 64.5 Å². The first-order chi connectivity index (χ1) is 17.9. The van der Waals surface area contributed by atoms with Crippen molar-refractivity contribution in [1.29, 1.82) is 0 Å². The van der Waals surface area contributed by atoms with Crippen LogP contribution in [0.15, 0.2) is 94.8 Å². The van der Waals surface area contributed by atoms with Crippen LogP contribution in [0, 0.1) is 5.82 Å². The topological polar surface area (TPSA) is 90.8 Å². The maximum atomic E-state index is 14.1. The summed E-state index contributed by atoms with van der Waals surface area (Å²) >= 11 is 1.19. The molecule has 0 unspecified atom stereocenters. The Hall–Kier alpha value is -3.43. The van der Waals surface area contributed by atoms with E-state index >= 15 is 0 Å². The second-order valence-corrected chi connectivity index (χ2v) is 9.35. The van der Waals surface area contributed by atoms with Gasteiger partial charge in [0.1, 0.15) is 18.2 Å². The molecule has 38 heavy (non-hydrogen) atoms. The number of amides is 1. The molecule has 5 rings (SSSR count). The van der Waals surface area contributed by atoms with Crippen LogP contribution in [0.3, 0.4) is 0 Å². The molecule has 4 aromatic carbocycles. The molecule has 0 bridgehead atoms. The number of nitrogens with one attached hydrogen (secondary N) is 1. The Labute approximate surface area is 244 Å².